The molecule has 1 aliphatic rings. The van der Waals surface area contributed by atoms with Crippen molar-refractivity contribution < 1.29 is 9.59 Å². The second kappa shape index (κ2) is 6.45. The zero-order chi connectivity index (χ0) is 16.6. The lowest BCUT2D eigenvalue weighted by Crippen LogP contribution is -2.29. The highest BCUT2D eigenvalue weighted by Gasteiger charge is 2.30. The lowest BCUT2D eigenvalue weighted by molar-refractivity contribution is -0.117. The molecule has 1 atom stereocenters. The molecule has 2 aromatic heterocycles. The topological polar surface area (TPSA) is 49.4 Å². The van der Waals surface area contributed by atoms with Gasteiger partial charge in [-0.3, -0.25) is 9.59 Å². The number of aryl methyl sites for hydroxylation is 1. The number of anilines is 1. The molecule has 0 spiro atoms. The van der Waals surface area contributed by atoms with Crippen LogP contribution in [0.25, 0.3) is 0 Å². The fourth-order valence-corrected chi connectivity index (χ4v) is 4.27. The molecule has 0 bridgehead atoms. The van der Waals surface area contributed by atoms with Crippen LogP contribution in [0, 0.1) is 12.8 Å². The quantitative estimate of drug-likeness (QED) is 0.876. The van der Waals surface area contributed by atoms with Gasteiger partial charge in [-0.2, -0.15) is 0 Å². The fraction of sp³-hybridized carbons (Fsp3) is 0.412. The van der Waals surface area contributed by atoms with E-state index >= 15 is 0 Å². The Kier molecular flexibility index (Phi) is 4.55. The van der Waals surface area contributed by atoms with Crippen LogP contribution in [-0.2, 0) is 4.79 Å². The van der Waals surface area contributed by atoms with Crippen molar-refractivity contribution in [2.24, 2.45) is 5.92 Å². The maximum Gasteiger partial charge on any atom is 0.264 e. The first-order valence-corrected chi connectivity index (χ1v) is 9.39. The number of thiophene rings is 2. The summed E-state index contributed by atoms with van der Waals surface area (Å²) in [5, 5.41) is 5.71. The molecular weight excluding hydrogens is 328 g/mol. The highest BCUT2D eigenvalue weighted by molar-refractivity contribution is 7.18. The van der Waals surface area contributed by atoms with Crippen LogP contribution in [0.3, 0.4) is 0 Å². The third-order valence-corrected chi connectivity index (χ3v) is 6.35. The Bertz CT molecular complexity index is 717. The van der Waals surface area contributed by atoms with Crippen molar-refractivity contribution in [1.82, 2.24) is 4.90 Å². The highest BCUT2D eigenvalue weighted by atomic mass is 32.1. The lowest BCUT2D eigenvalue weighted by Gasteiger charge is -2.23. The number of amides is 2. The number of carbonyl (C=O) groups excluding carboxylic acids is 2. The molecule has 2 amide bonds. The third-order valence-electron chi connectivity index (χ3n) is 4.16. The summed E-state index contributed by atoms with van der Waals surface area (Å²) in [6, 6.07) is 5.97. The summed E-state index contributed by atoms with van der Waals surface area (Å²) in [6.45, 7) is 3.95. The lowest BCUT2D eigenvalue weighted by atomic mass is 10.2. The molecular formula is C17H20N2O2S2. The highest BCUT2D eigenvalue weighted by Crippen LogP contribution is 2.34. The largest absolute Gasteiger partial charge is 0.333 e. The Balaban J connectivity index is 1.73. The van der Waals surface area contributed by atoms with Gasteiger partial charge in [0.2, 0.25) is 5.91 Å². The molecule has 3 rings (SSSR count). The minimum atomic E-state index is 0.000297. The zero-order valence-electron chi connectivity index (χ0n) is 13.5. The van der Waals surface area contributed by atoms with Gasteiger partial charge in [0.15, 0.2) is 0 Å². The number of hydrogen-bond donors (Lipinski definition) is 1. The maximum absolute atomic E-state index is 12.8. The summed E-state index contributed by atoms with van der Waals surface area (Å²) in [6.07, 6.45) is 1.95. The molecule has 1 fully saturated rings. The van der Waals surface area contributed by atoms with Gasteiger partial charge in [-0.1, -0.05) is 6.07 Å². The minimum absolute atomic E-state index is 0.000297. The monoisotopic (exact) mass is 348 g/mol. The van der Waals surface area contributed by atoms with Crippen molar-refractivity contribution in [2.75, 3.05) is 12.4 Å². The first-order valence-electron chi connectivity index (χ1n) is 7.69. The Morgan fingerprint density at radius 2 is 2.13 bits per heavy atom. The van der Waals surface area contributed by atoms with Crippen LogP contribution in [0.1, 0.15) is 45.9 Å². The molecule has 4 nitrogen and oxygen atoms in total. The van der Waals surface area contributed by atoms with E-state index in [1.165, 1.54) is 11.3 Å². The predicted molar refractivity (Wildman–Crippen MR) is 95.2 cm³/mol. The van der Waals surface area contributed by atoms with E-state index in [-0.39, 0.29) is 23.8 Å². The molecule has 1 N–H and O–H groups in total. The van der Waals surface area contributed by atoms with Crippen LogP contribution in [0.2, 0.25) is 0 Å². The molecule has 1 unspecified atom stereocenters. The smallest absolute Gasteiger partial charge is 0.264 e. The summed E-state index contributed by atoms with van der Waals surface area (Å²) in [5.41, 5.74) is 0.913. The number of nitrogens with zero attached hydrogens (tertiary/aromatic N) is 1. The van der Waals surface area contributed by atoms with Gasteiger partial charge in [-0.05, 0) is 49.8 Å². The SMILES string of the molecule is Cc1cc(NC(=O)C2CC2)sc1C(=O)N(C)C(C)c1cccs1. The van der Waals surface area contributed by atoms with E-state index < -0.39 is 0 Å². The van der Waals surface area contributed by atoms with E-state index in [2.05, 4.69) is 5.32 Å². The summed E-state index contributed by atoms with van der Waals surface area (Å²) in [5.74, 6) is 0.240. The molecule has 1 aliphatic carbocycles. The summed E-state index contributed by atoms with van der Waals surface area (Å²) in [4.78, 5) is 28.3. The van der Waals surface area contributed by atoms with Crippen LogP contribution < -0.4 is 5.32 Å². The number of rotatable bonds is 5. The van der Waals surface area contributed by atoms with Crippen molar-refractivity contribution in [2.45, 2.75) is 32.7 Å². The van der Waals surface area contributed by atoms with Crippen LogP contribution in [0.15, 0.2) is 23.6 Å². The molecule has 122 valence electrons. The second-order valence-electron chi connectivity index (χ2n) is 5.99. The van der Waals surface area contributed by atoms with Crippen molar-refractivity contribution in [3.63, 3.8) is 0 Å². The number of hydrogen-bond acceptors (Lipinski definition) is 4. The first-order chi connectivity index (χ1) is 11.0. The van der Waals surface area contributed by atoms with E-state index in [1.807, 2.05) is 44.5 Å². The van der Waals surface area contributed by atoms with Crippen LogP contribution in [-0.4, -0.2) is 23.8 Å². The van der Waals surface area contributed by atoms with Gasteiger partial charge in [-0.25, -0.2) is 0 Å². The van der Waals surface area contributed by atoms with E-state index in [0.717, 1.165) is 28.3 Å². The van der Waals surface area contributed by atoms with Crippen molar-refractivity contribution in [3.05, 3.63) is 38.9 Å². The molecule has 2 heterocycles. The van der Waals surface area contributed by atoms with E-state index in [1.54, 1.807) is 16.2 Å². The summed E-state index contributed by atoms with van der Waals surface area (Å²) < 4.78 is 0. The van der Waals surface area contributed by atoms with E-state index in [4.69, 9.17) is 0 Å². The van der Waals surface area contributed by atoms with Crippen LogP contribution in [0.4, 0.5) is 5.00 Å². The van der Waals surface area contributed by atoms with Crippen LogP contribution in [0.5, 0.6) is 0 Å². The van der Waals surface area contributed by atoms with Gasteiger partial charge in [0.1, 0.15) is 0 Å². The van der Waals surface area contributed by atoms with Gasteiger partial charge >= 0.3 is 0 Å². The third kappa shape index (κ3) is 3.48. The average Bonchev–Trinajstić information content (AvgIpc) is 3.12. The van der Waals surface area contributed by atoms with Crippen molar-refractivity contribution in [1.29, 1.82) is 0 Å². The number of carbonyl (C=O) groups is 2. The average molecular weight is 348 g/mol. The Morgan fingerprint density at radius 3 is 2.74 bits per heavy atom. The molecule has 0 aromatic carbocycles. The minimum Gasteiger partial charge on any atom is -0.333 e. The standard InChI is InChI=1S/C17H20N2O2S2/c1-10-9-14(18-16(20)12-6-7-12)23-15(10)17(21)19(3)11(2)13-5-4-8-22-13/h4-5,8-9,11-12H,6-7H2,1-3H3,(H,18,20). The van der Waals surface area contributed by atoms with Gasteiger partial charge in [0.05, 0.1) is 15.9 Å². The summed E-state index contributed by atoms with van der Waals surface area (Å²) >= 11 is 3.02. The maximum atomic E-state index is 12.8. The Labute approximate surface area is 144 Å². The van der Waals surface area contributed by atoms with Crippen molar-refractivity contribution >= 4 is 39.5 Å². The molecule has 1 saturated carbocycles. The van der Waals surface area contributed by atoms with E-state index in [0.29, 0.717) is 4.88 Å². The molecule has 23 heavy (non-hydrogen) atoms. The van der Waals surface area contributed by atoms with Gasteiger partial charge in [0, 0.05) is 17.8 Å². The van der Waals surface area contributed by atoms with E-state index in [9.17, 15) is 9.59 Å². The zero-order valence-corrected chi connectivity index (χ0v) is 15.1. The van der Waals surface area contributed by atoms with Gasteiger partial charge in [-0.15, -0.1) is 22.7 Å². The normalized spacial score (nSPS) is 15.3. The molecule has 0 aliphatic heterocycles. The van der Waals surface area contributed by atoms with Gasteiger partial charge < -0.3 is 10.2 Å². The summed E-state index contributed by atoms with van der Waals surface area (Å²) in [7, 11) is 1.83. The first kappa shape index (κ1) is 16.2. The van der Waals surface area contributed by atoms with Crippen molar-refractivity contribution in [3.8, 4) is 0 Å². The molecule has 6 heteroatoms. The number of nitrogens with one attached hydrogen (secondary N) is 1. The Morgan fingerprint density at radius 1 is 1.39 bits per heavy atom. The predicted octanol–water partition coefficient (Wildman–Crippen LogP) is 4.30. The Hall–Kier alpha value is -1.66. The second-order valence-corrected chi connectivity index (χ2v) is 8.03. The molecule has 2 aromatic rings. The molecule has 0 radical (unpaired) electrons. The fourth-order valence-electron chi connectivity index (χ4n) is 2.38. The molecule has 0 saturated heterocycles. The van der Waals surface area contributed by atoms with Crippen LogP contribution >= 0.6 is 22.7 Å². The van der Waals surface area contributed by atoms with Gasteiger partial charge in [0.25, 0.3) is 5.91 Å².